The molecular formula is C16H19NO3. The Kier molecular flexibility index (Phi) is 4.56. The SMILES string of the molecule is CCCCC(=O)C(C(=O)O)N1C=Cc2ccccc2C1. The molecule has 1 atom stereocenters. The summed E-state index contributed by atoms with van der Waals surface area (Å²) in [5.41, 5.74) is 2.12. The largest absolute Gasteiger partial charge is 0.479 e. The Morgan fingerprint density at radius 2 is 2.10 bits per heavy atom. The second kappa shape index (κ2) is 6.37. The highest BCUT2D eigenvalue weighted by Gasteiger charge is 2.31. The summed E-state index contributed by atoms with van der Waals surface area (Å²) in [7, 11) is 0. The Bertz CT molecular complexity index is 536. The van der Waals surface area contributed by atoms with Gasteiger partial charge in [0, 0.05) is 19.2 Å². The first-order valence-electron chi connectivity index (χ1n) is 6.91. The average molecular weight is 273 g/mol. The quantitative estimate of drug-likeness (QED) is 0.810. The Labute approximate surface area is 118 Å². The topological polar surface area (TPSA) is 57.6 Å². The lowest BCUT2D eigenvalue weighted by Crippen LogP contribution is -2.44. The standard InChI is InChI=1S/C16H19NO3/c1-2-3-8-14(18)15(16(19)20)17-10-9-12-6-4-5-7-13(12)11-17/h4-7,9-10,15H,2-3,8,11H2,1H3,(H,19,20). The molecule has 2 rings (SSSR count). The lowest BCUT2D eigenvalue weighted by atomic mass is 10.0. The van der Waals surface area contributed by atoms with Gasteiger partial charge >= 0.3 is 5.97 Å². The minimum Gasteiger partial charge on any atom is -0.479 e. The van der Waals surface area contributed by atoms with Crippen LogP contribution in [0.1, 0.15) is 37.3 Å². The van der Waals surface area contributed by atoms with Gasteiger partial charge < -0.3 is 10.0 Å². The van der Waals surface area contributed by atoms with Crippen LogP contribution in [0, 0.1) is 0 Å². The lowest BCUT2D eigenvalue weighted by molar-refractivity contribution is -0.147. The molecule has 4 nitrogen and oxygen atoms in total. The molecule has 0 aromatic heterocycles. The van der Waals surface area contributed by atoms with Gasteiger partial charge in [0.2, 0.25) is 0 Å². The molecule has 1 aromatic rings. The van der Waals surface area contributed by atoms with Gasteiger partial charge in [-0.1, -0.05) is 37.6 Å². The van der Waals surface area contributed by atoms with Crippen molar-refractivity contribution in [2.75, 3.05) is 0 Å². The molecule has 1 aliphatic rings. The zero-order valence-electron chi connectivity index (χ0n) is 11.6. The van der Waals surface area contributed by atoms with Crippen molar-refractivity contribution in [2.45, 2.75) is 38.8 Å². The normalized spacial score (nSPS) is 14.8. The summed E-state index contributed by atoms with van der Waals surface area (Å²) >= 11 is 0. The molecule has 1 heterocycles. The van der Waals surface area contributed by atoms with Gasteiger partial charge in [0.15, 0.2) is 11.8 Å². The molecule has 0 spiro atoms. The summed E-state index contributed by atoms with van der Waals surface area (Å²) in [4.78, 5) is 25.1. The molecule has 0 saturated heterocycles. The number of hydrogen-bond donors (Lipinski definition) is 1. The summed E-state index contributed by atoms with van der Waals surface area (Å²) in [6.45, 7) is 2.45. The third kappa shape index (κ3) is 3.07. The number of carboxylic acid groups (broad SMARTS) is 1. The number of aliphatic carboxylic acids is 1. The van der Waals surface area contributed by atoms with E-state index >= 15 is 0 Å². The van der Waals surface area contributed by atoms with Gasteiger partial charge in [0.25, 0.3) is 0 Å². The van der Waals surface area contributed by atoms with Crippen LogP contribution in [-0.2, 0) is 16.1 Å². The van der Waals surface area contributed by atoms with E-state index < -0.39 is 12.0 Å². The summed E-state index contributed by atoms with van der Waals surface area (Å²) in [6.07, 6.45) is 5.51. The second-order valence-electron chi connectivity index (χ2n) is 5.00. The van der Waals surface area contributed by atoms with Gasteiger partial charge in [0.1, 0.15) is 0 Å². The van der Waals surface area contributed by atoms with E-state index in [1.165, 1.54) is 0 Å². The number of carbonyl (C=O) groups excluding carboxylic acids is 1. The molecule has 4 heteroatoms. The van der Waals surface area contributed by atoms with Crippen LogP contribution in [0.25, 0.3) is 6.08 Å². The van der Waals surface area contributed by atoms with Crippen LogP contribution < -0.4 is 0 Å². The van der Waals surface area contributed by atoms with E-state index in [1.54, 1.807) is 11.1 Å². The minimum atomic E-state index is -1.08. The van der Waals surface area contributed by atoms with Crippen molar-refractivity contribution in [1.82, 2.24) is 4.90 Å². The van der Waals surface area contributed by atoms with Crippen LogP contribution in [0.4, 0.5) is 0 Å². The van der Waals surface area contributed by atoms with E-state index in [2.05, 4.69) is 0 Å². The smallest absolute Gasteiger partial charge is 0.334 e. The van der Waals surface area contributed by atoms with Crippen LogP contribution in [0.3, 0.4) is 0 Å². The molecule has 1 aromatic carbocycles. The van der Waals surface area contributed by atoms with Crippen LogP contribution in [0.15, 0.2) is 30.5 Å². The number of carboxylic acids is 1. The lowest BCUT2D eigenvalue weighted by Gasteiger charge is -2.30. The van der Waals surface area contributed by atoms with E-state index in [4.69, 9.17) is 0 Å². The van der Waals surface area contributed by atoms with Gasteiger partial charge in [-0.3, -0.25) is 4.79 Å². The second-order valence-corrected chi connectivity index (χ2v) is 5.00. The van der Waals surface area contributed by atoms with E-state index in [0.29, 0.717) is 13.0 Å². The van der Waals surface area contributed by atoms with E-state index in [0.717, 1.165) is 24.0 Å². The van der Waals surface area contributed by atoms with Gasteiger partial charge in [-0.05, 0) is 23.6 Å². The van der Waals surface area contributed by atoms with Crippen molar-refractivity contribution in [3.05, 3.63) is 41.6 Å². The molecule has 0 radical (unpaired) electrons. The van der Waals surface area contributed by atoms with Crippen LogP contribution in [0.2, 0.25) is 0 Å². The number of nitrogens with zero attached hydrogens (tertiary/aromatic N) is 1. The van der Waals surface area contributed by atoms with Crippen molar-refractivity contribution in [3.63, 3.8) is 0 Å². The van der Waals surface area contributed by atoms with E-state index in [-0.39, 0.29) is 5.78 Å². The Hall–Kier alpha value is -2.10. The molecular weight excluding hydrogens is 254 g/mol. The third-order valence-electron chi connectivity index (χ3n) is 3.50. The predicted octanol–water partition coefficient (Wildman–Crippen LogP) is 2.69. The molecule has 0 fully saturated rings. The zero-order chi connectivity index (χ0) is 14.5. The number of fused-ring (bicyclic) bond motifs is 1. The first-order valence-corrected chi connectivity index (χ1v) is 6.91. The van der Waals surface area contributed by atoms with Crippen molar-refractivity contribution in [3.8, 4) is 0 Å². The van der Waals surface area contributed by atoms with Crippen LogP contribution in [0.5, 0.6) is 0 Å². The summed E-state index contributed by atoms with van der Waals surface area (Å²) in [5, 5.41) is 9.35. The van der Waals surface area contributed by atoms with Crippen molar-refractivity contribution < 1.29 is 14.7 Å². The highest BCUT2D eigenvalue weighted by molar-refractivity contribution is 6.02. The number of unbranched alkanes of at least 4 members (excludes halogenated alkanes) is 1. The van der Waals surface area contributed by atoms with Gasteiger partial charge in [-0.25, -0.2) is 4.79 Å². The van der Waals surface area contributed by atoms with Gasteiger partial charge in [-0.15, -0.1) is 0 Å². The molecule has 0 amide bonds. The minimum absolute atomic E-state index is 0.219. The maximum Gasteiger partial charge on any atom is 0.334 e. The number of Topliss-reactive ketones (excluding diaryl/α,β-unsaturated/α-hetero) is 1. The molecule has 0 bridgehead atoms. The number of benzene rings is 1. The average Bonchev–Trinajstić information content (AvgIpc) is 2.44. The molecule has 1 unspecified atom stereocenters. The number of carbonyl (C=O) groups is 2. The fourth-order valence-corrected chi connectivity index (χ4v) is 2.40. The molecule has 20 heavy (non-hydrogen) atoms. The van der Waals surface area contributed by atoms with E-state index in [1.807, 2.05) is 37.3 Å². The summed E-state index contributed by atoms with van der Waals surface area (Å²) in [6, 6.07) is 6.73. The van der Waals surface area contributed by atoms with Gasteiger partial charge in [-0.2, -0.15) is 0 Å². The Morgan fingerprint density at radius 1 is 1.35 bits per heavy atom. The predicted molar refractivity (Wildman–Crippen MR) is 77.0 cm³/mol. The van der Waals surface area contributed by atoms with Gasteiger partial charge in [0.05, 0.1) is 0 Å². The molecule has 1 N–H and O–H groups in total. The first kappa shape index (κ1) is 14.3. The monoisotopic (exact) mass is 273 g/mol. The summed E-state index contributed by atoms with van der Waals surface area (Å²) < 4.78 is 0. The highest BCUT2D eigenvalue weighted by Crippen LogP contribution is 2.22. The molecule has 1 aliphatic heterocycles. The van der Waals surface area contributed by atoms with Crippen LogP contribution in [-0.4, -0.2) is 27.8 Å². The van der Waals surface area contributed by atoms with Crippen LogP contribution >= 0.6 is 0 Å². The maximum atomic E-state index is 12.1. The van der Waals surface area contributed by atoms with Crippen molar-refractivity contribution in [1.29, 1.82) is 0 Å². The third-order valence-corrected chi connectivity index (χ3v) is 3.50. The Morgan fingerprint density at radius 3 is 2.80 bits per heavy atom. The first-order chi connectivity index (χ1) is 9.63. The fraction of sp³-hybridized carbons (Fsp3) is 0.375. The van der Waals surface area contributed by atoms with Crippen molar-refractivity contribution >= 4 is 17.8 Å². The summed E-state index contributed by atoms with van der Waals surface area (Å²) in [5.74, 6) is -1.29. The van der Waals surface area contributed by atoms with E-state index in [9.17, 15) is 14.7 Å². The zero-order valence-corrected chi connectivity index (χ0v) is 11.6. The Balaban J connectivity index is 2.17. The number of hydrogen-bond acceptors (Lipinski definition) is 3. The van der Waals surface area contributed by atoms with Crippen molar-refractivity contribution in [2.24, 2.45) is 0 Å². The maximum absolute atomic E-state index is 12.1. The molecule has 0 saturated carbocycles. The molecule has 0 aliphatic carbocycles. The number of rotatable bonds is 6. The molecule has 106 valence electrons. The number of ketones is 1. The highest BCUT2D eigenvalue weighted by atomic mass is 16.4. The fourth-order valence-electron chi connectivity index (χ4n) is 2.40.